The smallest absolute Gasteiger partial charge is 0.222 e. The lowest BCUT2D eigenvalue weighted by atomic mass is 9.93. The number of aromatic nitrogens is 4. The van der Waals surface area contributed by atoms with Gasteiger partial charge in [-0.05, 0) is 43.9 Å². The van der Waals surface area contributed by atoms with E-state index in [1.807, 2.05) is 32.6 Å². The van der Waals surface area contributed by atoms with Crippen molar-refractivity contribution in [1.82, 2.24) is 25.1 Å². The van der Waals surface area contributed by atoms with Crippen LogP contribution < -0.4 is 10.6 Å². The lowest BCUT2D eigenvalue weighted by molar-refractivity contribution is 0.166. The number of likely N-dealkylation sites (tertiary alicyclic amines) is 1. The quantitative estimate of drug-likeness (QED) is 0.837. The Balaban J connectivity index is 1.54. The Labute approximate surface area is 142 Å². The normalized spacial score (nSPS) is 18.3. The third kappa shape index (κ3) is 4.38. The van der Waals surface area contributed by atoms with Crippen molar-refractivity contribution in [3.05, 3.63) is 35.8 Å². The second kappa shape index (κ2) is 8.01. The first-order chi connectivity index (χ1) is 11.8. The zero-order valence-corrected chi connectivity index (χ0v) is 14.4. The van der Waals surface area contributed by atoms with Gasteiger partial charge in [0.2, 0.25) is 5.95 Å². The summed E-state index contributed by atoms with van der Waals surface area (Å²) in [6.07, 6.45) is 7.28. The van der Waals surface area contributed by atoms with Crippen LogP contribution in [0.2, 0.25) is 0 Å². The van der Waals surface area contributed by atoms with Crippen LogP contribution in [0.15, 0.2) is 24.5 Å². The zero-order chi connectivity index (χ0) is 16.8. The maximum Gasteiger partial charge on any atom is 0.222 e. The van der Waals surface area contributed by atoms with Crippen molar-refractivity contribution in [2.75, 3.05) is 37.8 Å². The van der Waals surface area contributed by atoms with E-state index in [4.69, 9.17) is 0 Å². The third-order valence-corrected chi connectivity index (χ3v) is 4.41. The average molecular weight is 327 g/mol. The van der Waals surface area contributed by atoms with E-state index < -0.39 is 0 Å². The Hall–Kier alpha value is -2.28. The van der Waals surface area contributed by atoms with Crippen molar-refractivity contribution in [3.8, 4) is 0 Å². The summed E-state index contributed by atoms with van der Waals surface area (Å²) in [5.41, 5.74) is 2.23. The monoisotopic (exact) mass is 327 g/mol. The number of piperidine rings is 1. The van der Waals surface area contributed by atoms with Crippen LogP contribution in [0.25, 0.3) is 0 Å². The van der Waals surface area contributed by atoms with Gasteiger partial charge in [0.25, 0.3) is 0 Å². The van der Waals surface area contributed by atoms with Crippen LogP contribution in [0.1, 0.15) is 24.1 Å². The van der Waals surface area contributed by atoms with Crippen molar-refractivity contribution in [2.45, 2.75) is 25.8 Å². The zero-order valence-electron chi connectivity index (χ0n) is 14.4. The summed E-state index contributed by atoms with van der Waals surface area (Å²) in [5.74, 6) is 2.11. The van der Waals surface area contributed by atoms with E-state index >= 15 is 0 Å². The van der Waals surface area contributed by atoms with E-state index in [1.54, 1.807) is 0 Å². The highest BCUT2D eigenvalue weighted by Gasteiger charge is 2.21. The summed E-state index contributed by atoms with van der Waals surface area (Å²) in [5, 5.41) is 14.4. The lowest BCUT2D eigenvalue weighted by Gasteiger charge is -2.32. The number of nitrogens with zero attached hydrogens (tertiary/aromatic N) is 5. The van der Waals surface area contributed by atoms with Crippen LogP contribution >= 0.6 is 0 Å². The van der Waals surface area contributed by atoms with Gasteiger partial charge in [-0.2, -0.15) is 5.10 Å². The molecule has 2 aromatic rings. The molecule has 0 aliphatic carbocycles. The Kier molecular flexibility index (Phi) is 5.53. The van der Waals surface area contributed by atoms with Gasteiger partial charge in [-0.25, -0.2) is 9.97 Å². The van der Waals surface area contributed by atoms with Gasteiger partial charge in [-0.1, -0.05) is 0 Å². The minimum atomic E-state index is 0.631. The highest BCUT2D eigenvalue weighted by atomic mass is 15.2. The van der Waals surface area contributed by atoms with Gasteiger partial charge in [0.05, 0.1) is 5.69 Å². The fourth-order valence-electron chi connectivity index (χ4n) is 3.18. The highest BCUT2D eigenvalue weighted by molar-refractivity contribution is 5.31. The number of hydrogen-bond donors (Lipinski definition) is 2. The Morgan fingerprint density at radius 3 is 2.62 bits per heavy atom. The molecule has 0 spiro atoms. The predicted molar refractivity (Wildman–Crippen MR) is 94.9 cm³/mol. The maximum atomic E-state index is 4.31. The van der Waals surface area contributed by atoms with Crippen molar-refractivity contribution in [3.63, 3.8) is 0 Å². The number of hydrogen-bond acceptors (Lipinski definition) is 7. The summed E-state index contributed by atoms with van der Waals surface area (Å²) >= 11 is 0. The number of anilines is 2. The van der Waals surface area contributed by atoms with E-state index in [0.29, 0.717) is 11.9 Å². The molecule has 128 valence electrons. The summed E-state index contributed by atoms with van der Waals surface area (Å²) in [4.78, 5) is 11.1. The van der Waals surface area contributed by atoms with Gasteiger partial charge in [-0.3, -0.25) is 4.90 Å². The molecule has 1 aliphatic heterocycles. The first-order valence-electron chi connectivity index (χ1n) is 8.48. The van der Waals surface area contributed by atoms with Gasteiger partial charge in [-0.15, -0.1) is 5.10 Å². The highest BCUT2D eigenvalue weighted by Crippen LogP contribution is 2.21. The van der Waals surface area contributed by atoms with E-state index in [-0.39, 0.29) is 0 Å². The Morgan fingerprint density at radius 2 is 1.96 bits per heavy atom. The van der Waals surface area contributed by atoms with Crippen LogP contribution in [-0.4, -0.2) is 52.3 Å². The molecule has 1 saturated heterocycles. The minimum Gasteiger partial charge on any atom is -0.372 e. The molecular formula is C17H25N7. The summed E-state index contributed by atoms with van der Waals surface area (Å²) in [7, 11) is 3.69. The van der Waals surface area contributed by atoms with Crippen LogP contribution in [0.3, 0.4) is 0 Å². The van der Waals surface area contributed by atoms with Crippen LogP contribution in [0.4, 0.5) is 11.8 Å². The van der Waals surface area contributed by atoms with Gasteiger partial charge in [0.15, 0.2) is 0 Å². The first-order valence-corrected chi connectivity index (χ1v) is 8.48. The molecule has 0 amide bonds. The molecule has 7 heteroatoms. The minimum absolute atomic E-state index is 0.631. The summed E-state index contributed by atoms with van der Waals surface area (Å²) in [6, 6.07) is 4.06. The fourth-order valence-corrected chi connectivity index (χ4v) is 3.18. The fraction of sp³-hybridized carbons (Fsp3) is 0.529. The topological polar surface area (TPSA) is 78.9 Å². The molecule has 2 N–H and O–H groups in total. The molecular weight excluding hydrogens is 302 g/mol. The molecule has 0 radical (unpaired) electrons. The molecule has 24 heavy (non-hydrogen) atoms. The lowest BCUT2D eigenvalue weighted by Crippen LogP contribution is -2.35. The number of nitrogens with one attached hydrogen (secondary N) is 2. The predicted octanol–water partition coefficient (Wildman–Crippen LogP) is 1.80. The molecule has 3 heterocycles. The van der Waals surface area contributed by atoms with E-state index in [2.05, 4.69) is 41.8 Å². The van der Waals surface area contributed by atoms with Gasteiger partial charge in [0, 0.05) is 45.1 Å². The Bertz CT molecular complexity index is 571. The van der Waals surface area contributed by atoms with Crippen molar-refractivity contribution >= 4 is 11.8 Å². The SMILES string of the molecule is CNc1ccc(CC2CCCN(Cc3cnc(NC)nc3)C2)nn1. The van der Waals surface area contributed by atoms with E-state index in [0.717, 1.165) is 43.1 Å². The molecule has 1 fully saturated rings. The molecule has 1 unspecified atom stereocenters. The van der Waals surface area contributed by atoms with Crippen LogP contribution in [0, 0.1) is 5.92 Å². The molecule has 1 atom stereocenters. The first kappa shape index (κ1) is 16.6. The van der Waals surface area contributed by atoms with Gasteiger partial charge in [0.1, 0.15) is 5.82 Å². The van der Waals surface area contributed by atoms with Crippen molar-refractivity contribution in [1.29, 1.82) is 0 Å². The van der Waals surface area contributed by atoms with Gasteiger partial charge < -0.3 is 10.6 Å². The molecule has 3 rings (SSSR count). The molecule has 2 aromatic heterocycles. The standard InChI is InChI=1S/C17H25N7/c1-18-16-6-5-15(22-23-16)8-13-4-3-7-24(11-13)12-14-9-20-17(19-2)21-10-14/h5-6,9-10,13H,3-4,7-8,11-12H2,1-2H3,(H,18,23)(H,19,20,21). The van der Waals surface area contributed by atoms with E-state index in [9.17, 15) is 0 Å². The van der Waals surface area contributed by atoms with Crippen molar-refractivity contribution < 1.29 is 0 Å². The van der Waals surface area contributed by atoms with Gasteiger partial charge >= 0.3 is 0 Å². The maximum absolute atomic E-state index is 4.31. The van der Waals surface area contributed by atoms with Crippen LogP contribution in [0.5, 0.6) is 0 Å². The molecule has 0 saturated carbocycles. The van der Waals surface area contributed by atoms with Crippen LogP contribution in [-0.2, 0) is 13.0 Å². The van der Waals surface area contributed by atoms with Crippen molar-refractivity contribution in [2.24, 2.45) is 5.92 Å². The average Bonchev–Trinajstić information content (AvgIpc) is 2.63. The number of rotatable bonds is 6. The molecule has 7 nitrogen and oxygen atoms in total. The second-order valence-corrected chi connectivity index (χ2v) is 6.27. The third-order valence-electron chi connectivity index (χ3n) is 4.41. The van der Waals surface area contributed by atoms with E-state index in [1.165, 1.54) is 12.8 Å². The largest absolute Gasteiger partial charge is 0.372 e. The molecule has 0 bridgehead atoms. The second-order valence-electron chi connectivity index (χ2n) is 6.27. The molecule has 0 aromatic carbocycles. The summed E-state index contributed by atoms with van der Waals surface area (Å²) < 4.78 is 0. The summed E-state index contributed by atoms with van der Waals surface area (Å²) in [6.45, 7) is 3.13. The molecule has 1 aliphatic rings. The Morgan fingerprint density at radius 1 is 1.12 bits per heavy atom.